The Hall–Kier alpha value is -1.29. The molecule has 1 heteroatoms. The summed E-state index contributed by atoms with van der Waals surface area (Å²) in [6.45, 7) is 1.95. The van der Waals surface area contributed by atoms with Crippen LogP contribution in [0.25, 0.3) is 0 Å². The molecule has 11 heavy (non-hydrogen) atoms. The van der Waals surface area contributed by atoms with Gasteiger partial charge in [0.2, 0.25) is 0 Å². The first-order chi connectivity index (χ1) is 5.41. The molecule has 0 radical (unpaired) electrons. The normalized spacial score (nSPS) is 9.91. The Bertz CT molecular complexity index is 201. The number of carbonyl (C=O) groups is 1. The van der Waals surface area contributed by atoms with E-state index in [2.05, 4.69) is 11.8 Å². The van der Waals surface area contributed by atoms with Gasteiger partial charge >= 0.3 is 0 Å². The van der Waals surface area contributed by atoms with Gasteiger partial charge in [0, 0.05) is 12.8 Å². The third-order valence-electron chi connectivity index (χ3n) is 0.972. The highest BCUT2D eigenvalue weighted by Crippen LogP contribution is 1.80. The zero-order chi connectivity index (χ0) is 8.36. The van der Waals surface area contributed by atoms with Gasteiger partial charge in [-0.2, -0.15) is 0 Å². The van der Waals surface area contributed by atoms with Crippen LogP contribution in [0.3, 0.4) is 0 Å². The van der Waals surface area contributed by atoms with Crippen molar-refractivity contribution >= 4 is 6.29 Å². The van der Waals surface area contributed by atoms with Crippen molar-refractivity contribution in [3.05, 3.63) is 24.3 Å². The van der Waals surface area contributed by atoms with Gasteiger partial charge in [0.1, 0.15) is 6.29 Å². The first-order valence-corrected chi connectivity index (χ1v) is 3.61. The molecule has 0 bridgehead atoms. The summed E-state index contributed by atoms with van der Waals surface area (Å²) < 4.78 is 0. The van der Waals surface area contributed by atoms with E-state index < -0.39 is 0 Å². The maximum atomic E-state index is 9.84. The van der Waals surface area contributed by atoms with Gasteiger partial charge in [0.25, 0.3) is 0 Å². The molecule has 0 N–H and O–H groups in total. The van der Waals surface area contributed by atoms with Crippen LogP contribution in [0.5, 0.6) is 0 Å². The average Bonchev–Trinajstić information content (AvgIpc) is 2.03. The molecule has 58 valence electrons. The monoisotopic (exact) mass is 148 g/mol. The van der Waals surface area contributed by atoms with Gasteiger partial charge in [-0.1, -0.05) is 30.1 Å². The van der Waals surface area contributed by atoms with Crippen LogP contribution in [-0.4, -0.2) is 6.29 Å². The summed E-state index contributed by atoms with van der Waals surface area (Å²) in [5, 5.41) is 0. The lowest BCUT2D eigenvalue weighted by Crippen LogP contribution is -1.69. The quantitative estimate of drug-likeness (QED) is 0.259. The van der Waals surface area contributed by atoms with Gasteiger partial charge in [0.15, 0.2) is 0 Å². The molecule has 0 aromatic carbocycles. The van der Waals surface area contributed by atoms with Crippen molar-refractivity contribution in [3.8, 4) is 11.8 Å². The Balaban J connectivity index is 3.46. The third-order valence-corrected chi connectivity index (χ3v) is 0.972. The van der Waals surface area contributed by atoms with Gasteiger partial charge in [-0.05, 0) is 13.0 Å². The number of allylic oxidation sites excluding steroid dienone is 4. The predicted octanol–water partition coefficient (Wildman–Crippen LogP) is 2.10. The first kappa shape index (κ1) is 9.71. The standard InChI is InChI=1S/C10H12O/c1-2-3-4-5-6-7-8-9-10-11/h2-5,10H,8-9H2,1H3/b3-2+,5-4+. The molecule has 0 saturated carbocycles. The number of rotatable bonds is 3. The maximum absolute atomic E-state index is 9.84. The number of carbonyl (C=O) groups excluding carboxylic acids is 1. The second-order valence-electron chi connectivity index (χ2n) is 1.91. The summed E-state index contributed by atoms with van der Waals surface area (Å²) in [7, 11) is 0. The van der Waals surface area contributed by atoms with E-state index in [0.717, 1.165) is 6.29 Å². The van der Waals surface area contributed by atoms with Crippen LogP contribution in [0, 0.1) is 11.8 Å². The molecule has 0 fully saturated rings. The van der Waals surface area contributed by atoms with Crippen LogP contribution >= 0.6 is 0 Å². The summed E-state index contributed by atoms with van der Waals surface area (Å²) >= 11 is 0. The molecule has 0 aliphatic carbocycles. The Morgan fingerprint density at radius 2 is 2.18 bits per heavy atom. The average molecular weight is 148 g/mol. The van der Waals surface area contributed by atoms with E-state index in [4.69, 9.17) is 0 Å². The first-order valence-electron chi connectivity index (χ1n) is 3.61. The van der Waals surface area contributed by atoms with E-state index in [1.165, 1.54) is 0 Å². The fraction of sp³-hybridized carbons (Fsp3) is 0.300. The van der Waals surface area contributed by atoms with Crippen LogP contribution in [0.2, 0.25) is 0 Å². The molecule has 0 unspecified atom stereocenters. The molecule has 0 atom stereocenters. The van der Waals surface area contributed by atoms with Crippen LogP contribution in [0.1, 0.15) is 19.8 Å². The summed E-state index contributed by atoms with van der Waals surface area (Å²) in [6.07, 6.45) is 9.55. The summed E-state index contributed by atoms with van der Waals surface area (Å²) in [6, 6.07) is 0. The molecule has 0 saturated heterocycles. The van der Waals surface area contributed by atoms with Gasteiger partial charge < -0.3 is 4.79 Å². The smallest absolute Gasteiger partial charge is 0.120 e. The van der Waals surface area contributed by atoms with Gasteiger partial charge in [-0.25, -0.2) is 0 Å². The minimum absolute atomic E-state index is 0.532. The number of hydrogen-bond donors (Lipinski definition) is 0. The second kappa shape index (κ2) is 8.71. The van der Waals surface area contributed by atoms with E-state index in [1.54, 1.807) is 6.08 Å². The van der Waals surface area contributed by atoms with Gasteiger partial charge in [-0.3, -0.25) is 0 Å². The molecule has 1 nitrogen and oxygen atoms in total. The Labute approximate surface area is 67.8 Å². The van der Waals surface area contributed by atoms with Crippen molar-refractivity contribution in [2.75, 3.05) is 0 Å². The lowest BCUT2D eigenvalue weighted by Gasteiger charge is -1.73. The lowest BCUT2D eigenvalue weighted by molar-refractivity contribution is -0.107. The molecular weight excluding hydrogens is 136 g/mol. The molecule has 0 spiro atoms. The van der Waals surface area contributed by atoms with Crippen LogP contribution in [-0.2, 0) is 4.79 Å². The summed E-state index contributed by atoms with van der Waals surface area (Å²) in [5.74, 6) is 5.66. The van der Waals surface area contributed by atoms with Crippen molar-refractivity contribution in [1.82, 2.24) is 0 Å². The molecule has 0 rings (SSSR count). The Morgan fingerprint density at radius 3 is 2.82 bits per heavy atom. The Kier molecular flexibility index (Phi) is 7.69. The minimum atomic E-state index is 0.532. The predicted molar refractivity (Wildman–Crippen MR) is 47.0 cm³/mol. The van der Waals surface area contributed by atoms with E-state index in [1.807, 2.05) is 25.2 Å². The van der Waals surface area contributed by atoms with E-state index in [-0.39, 0.29) is 0 Å². The van der Waals surface area contributed by atoms with Crippen LogP contribution in [0.15, 0.2) is 24.3 Å². The van der Waals surface area contributed by atoms with E-state index in [9.17, 15) is 4.79 Å². The molecule has 0 aliphatic rings. The zero-order valence-electron chi connectivity index (χ0n) is 6.71. The van der Waals surface area contributed by atoms with Crippen molar-refractivity contribution in [3.63, 3.8) is 0 Å². The van der Waals surface area contributed by atoms with E-state index in [0.29, 0.717) is 12.8 Å². The second-order valence-corrected chi connectivity index (χ2v) is 1.91. The van der Waals surface area contributed by atoms with Crippen molar-refractivity contribution in [2.45, 2.75) is 19.8 Å². The van der Waals surface area contributed by atoms with E-state index >= 15 is 0 Å². The van der Waals surface area contributed by atoms with Crippen molar-refractivity contribution in [2.24, 2.45) is 0 Å². The fourth-order valence-electron chi connectivity index (χ4n) is 0.477. The highest BCUT2D eigenvalue weighted by molar-refractivity contribution is 5.49. The zero-order valence-corrected chi connectivity index (χ0v) is 6.71. The van der Waals surface area contributed by atoms with Crippen molar-refractivity contribution < 1.29 is 4.79 Å². The maximum Gasteiger partial charge on any atom is 0.120 e. The minimum Gasteiger partial charge on any atom is -0.303 e. The third kappa shape index (κ3) is 8.71. The molecule has 0 aliphatic heterocycles. The molecular formula is C10H12O. The largest absolute Gasteiger partial charge is 0.303 e. The molecule has 0 heterocycles. The Morgan fingerprint density at radius 1 is 1.36 bits per heavy atom. The number of unbranched alkanes of at least 4 members (excludes halogenated alkanes) is 1. The number of aldehydes is 1. The van der Waals surface area contributed by atoms with Gasteiger partial charge in [0.05, 0.1) is 0 Å². The lowest BCUT2D eigenvalue weighted by atomic mass is 10.3. The molecule has 0 aromatic heterocycles. The summed E-state index contributed by atoms with van der Waals surface area (Å²) in [5.41, 5.74) is 0. The van der Waals surface area contributed by atoms with Crippen LogP contribution < -0.4 is 0 Å². The molecule has 0 aromatic rings. The molecule has 0 amide bonds. The highest BCUT2D eigenvalue weighted by atomic mass is 16.1. The highest BCUT2D eigenvalue weighted by Gasteiger charge is 1.73. The topological polar surface area (TPSA) is 17.1 Å². The fourth-order valence-corrected chi connectivity index (χ4v) is 0.477. The van der Waals surface area contributed by atoms with Crippen molar-refractivity contribution in [1.29, 1.82) is 0 Å². The SMILES string of the molecule is C/C=C/C=C/C#CCCC=O. The number of hydrogen-bond acceptors (Lipinski definition) is 1. The van der Waals surface area contributed by atoms with Gasteiger partial charge in [-0.15, -0.1) is 0 Å². The summed E-state index contributed by atoms with van der Waals surface area (Å²) in [4.78, 5) is 9.84. The van der Waals surface area contributed by atoms with Crippen LogP contribution in [0.4, 0.5) is 0 Å².